The lowest BCUT2D eigenvalue weighted by Gasteiger charge is -2.19. The first kappa shape index (κ1) is 23.3. The highest BCUT2D eigenvalue weighted by Crippen LogP contribution is 2.22. The van der Waals surface area contributed by atoms with Gasteiger partial charge in [-0.2, -0.15) is 4.31 Å². The van der Waals surface area contributed by atoms with Crippen molar-refractivity contribution in [1.82, 2.24) is 9.62 Å². The number of amides is 1. The Morgan fingerprint density at radius 1 is 1.17 bits per heavy atom. The van der Waals surface area contributed by atoms with E-state index in [9.17, 15) is 17.6 Å². The van der Waals surface area contributed by atoms with Gasteiger partial charge in [-0.15, -0.1) is 0 Å². The molecule has 0 bridgehead atoms. The van der Waals surface area contributed by atoms with E-state index in [1.165, 1.54) is 28.6 Å². The van der Waals surface area contributed by atoms with Crippen molar-refractivity contribution >= 4 is 31.9 Å². The first-order chi connectivity index (χ1) is 13.7. The quantitative estimate of drug-likeness (QED) is 0.583. The zero-order valence-corrected chi connectivity index (χ0v) is 18.9. The molecule has 1 N–H and O–H groups in total. The Hall–Kier alpha value is -1.97. The van der Waals surface area contributed by atoms with Crippen LogP contribution in [0.2, 0.25) is 0 Å². The van der Waals surface area contributed by atoms with E-state index < -0.39 is 21.7 Å². The summed E-state index contributed by atoms with van der Waals surface area (Å²) in [6.45, 7) is 5.80. The molecule has 2 aromatic carbocycles. The lowest BCUT2D eigenvalue weighted by molar-refractivity contribution is -0.123. The topological polar surface area (TPSA) is 75.7 Å². The summed E-state index contributed by atoms with van der Waals surface area (Å²) in [6, 6.07) is 10.3. The third-order valence-corrected chi connectivity index (χ3v) is 6.91. The number of benzene rings is 2. The van der Waals surface area contributed by atoms with Crippen LogP contribution >= 0.6 is 15.9 Å². The van der Waals surface area contributed by atoms with Crippen LogP contribution in [0, 0.1) is 5.82 Å². The van der Waals surface area contributed by atoms with Crippen molar-refractivity contribution in [1.29, 1.82) is 0 Å². The number of ether oxygens (including phenoxy) is 1. The van der Waals surface area contributed by atoms with Crippen LogP contribution in [0.3, 0.4) is 0 Å². The first-order valence-electron chi connectivity index (χ1n) is 9.16. The molecule has 2 aromatic rings. The molecule has 1 atom stereocenters. The SMILES string of the molecule is CCN(CC)S(=O)(=O)c1ccc(C(C)NC(=O)COc2ccc(Br)cc2F)cc1. The van der Waals surface area contributed by atoms with Crippen molar-refractivity contribution in [2.24, 2.45) is 0 Å². The van der Waals surface area contributed by atoms with Crippen LogP contribution in [0.5, 0.6) is 5.75 Å². The van der Waals surface area contributed by atoms with E-state index in [1.807, 2.05) is 0 Å². The Balaban J connectivity index is 1.98. The normalized spacial score (nSPS) is 12.6. The summed E-state index contributed by atoms with van der Waals surface area (Å²) in [6.07, 6.45) is 0. The van der Waals surface area contributed by atoms with Crippen molar-refractivity contribution in [3.63, 3.8) is 0 Å². The fraction of sp³-hybridized carbons (Fsp3) is 0.350. The molecule has 0 saturated heterocycles. The Bertz CT molecular complexity index is 947. The molecule has 2 rings (SSSR count). The van der Waals surface area contributed by atoms with Gasteiger partial charge in [-0.25, -0.2) is 12.8 Å². The van der Waals surface area contributed by atoms with Crippen LogP contribution < -0.4 is 10.1 Å². The van der Waals surface area contributed by atoms with Crippen molar-refractivity contribution in [2.45, 2.75) is 31.7 Å². The predicted octanol–water partition coefficient (Wildman–Crippen LogP) is 3.87. The van der Waals surface area contributed by atoms with Gasteiger partial charge in [0.15, 0.2) is 18.2 Å². The molecule has 0 spiro atoms. The number of hydrogen-bond donors (Lipinski definition) is 1. The molecule has 158 valence electrons. The largest absolute Gasteiger partial charge is 0.481 e. The zero-order chi connectivity index (χ0) is 21.6. The van der Waals surface area contributed by atoms with Crippen LogP contribution in [0.15, 0.2) is 51.8 Å². The summed E-state index contributed by atoms with van der Waals surface area (Å²) in [4.78, 5) is 12.3. The van der Waals surface area contributed by atoms with Crippen molar-refractivity contribution < 1.29 is 22.3 Å². The lowest BCUT2D eigenvalue weighted by Crippen LogP contribution is -2.32. The molecule has 0 heterocycles. The predicted molar refractivity (Wildman–Crippen MR) is 113 cm³/mol. The summed E-state index contributed by atoms with van der Waals surface area (Å²) in [7, 11) is -3.53. The van der Waals surface area contributed by atoms with Gasteiger partial charge in [0, 0.05) is 17.6 Å². The minimum Gasteiger partial charge on any atom is -0.481 e. The summed E-state index contributed by atoms with van der Waals surface area (Å²) < 4.78 is 46.0. The summed E-state index contributed by atoms with van der Waals surface area (Å²) >= 11 is 3.15. The van der Waals surface area contributed by atoms with E-state index >= 15 is 0 Å². The van der Waals surface area contributed by atoms with E-state index in [0.29, 0.717) is 17.6 Å². The molecular formula is C20H24BrFN2O4S. The van der Waals surface area contributed by atoms with Crippen LogP contribution in [-0.4, -0.2) is 38.3 Å². The molecule has 1 unspecified atom stereocenters. The Kier molecular flexibility index (Phi) is 8.18. The highest BCUT2D eigenvalue weighted by atomic mass is 79.9. The van der Waals surface area contributed by atoms with Crippen LogP contribution in [-0.2, 0) is 14.8 Å². The number of nitrogens with one attached hydrogen (secondary N) is 1. The second-order valence-electron chi connectivity index (χ2n) is 6.31. The van der Waals surface area contributed by atoms with Crippen molar-refractivity contribution in [2.75, 3.05) is 19.7 Å². The van der Waals surface area contributed by atoms with Gasteiger partial charge in [-0.05, 0) is 42.8 Å². The van der Waals surface area contributed by atoms with Gasteiger partial charge < -0.3 is 10.1 Å². The van der Waals surface area contributed by atoms with Gasteiger partial charge in [-0.1, -0.05) is 41.9 Å². The van der Waals surface area contributed by atoms with Crippen LogP contribution in [0.4, 0.5) is 4.39 Å². The van der Waals surface area contributed by atoms with Gasteiger partial charge in [0.05, 0.1) is 10.9 Å². The maximum atomic E-state index is 13.7. The smallest absolute Gasteiger partial charge is 0.258 e. The number of nitrogens with zero attached hydrogens (tertiary/aromatic N) is 1. The molecule has 0 aliphatic carbocycles. The van der Waals surface area contributed by atoms with Crippen LogP contribution in [0.25, 0.3) is 0 Å². The second kappa shape index (κ2) is 10.2. The molecule has 29 heavy (non-hydrogen) atoms. The second-order valence-corrected chi connectivity index (χ2v) is 9.16. The summed E-state index contributed by atoms with van der Waals surface area (Å²) in [5, 5.41) is 2.75. The molecule has 0 saturated carbocycles. The summed E-state index contributed by atoms with van der Waals surface area (Å²) in [5.74, 6) is -0.994. The maximum absolute atomic E-state index is 13.7. The number of rotatable bonds is 9. The number of halogens is 2. The average molecular weight is 487 g/mol. The average Bonchev–Trinajstić information content (AvgIpc) is 2.68. The van der Waals surface area contributed by atoms with Crippen molar-refractivity contribution in [3.05, 3.63) is 58.3 Å². The molecule has 6 nitrogen and oxygen atoms in total. The lowest BCUT2D eigenvalue weighted by atomic mass is 10.1. The summed E-state index contributed by atoms with van der Waals surface area (Å²) in [5.41, 5.74) is 0.742. The Labute approximate surface area is 179 Å². The molecular weight excluding hydrogens is 463 g/mol. The van der Waals surface area contributed by atoms with E-state index in [-0.39, 0.29) is 23.3 Å². The Morgan fingerprint density at radius 3 is 2.34 bits per heavy atom. The van der Waals surface area contributed by atoms with E-state index in [4.69, 9.17) is 4.74 Å². The van der Waals surface area contributed by atoms with Crippen molar-refractivity contribution in [3.8, 4) is 5.75 Å². The maximum Gasteiger partial charge on any atom is 0.258 e. The monoisotopic (exact) mass is 486 g/mol. The number of carbonyl (C=O) groups is 1. The standard InChI is InChI=1S/C20H24BrFN2O4S/c1-4-24(5-2)29(26,27)17-9-6-15(7-10-17)14(3)23-20(25)13-28-19-11-8-16(21)12-18(19)22/h6-12,14H,4-5,13H2,1-3H3,(H,23,25). The minimum absolute atomic E-state index is 0.0121. The molecule has 0 aliphatic rings. The molecule has 9 heteroatoms. The highest BCUT2D eigenvalue weighted by molar-refractivity contribution is 9.10. The van der Waals surface area contributed by atoms with E-state index in [0.717, 1.165) is 5.56 Å². The molecule has 0 radical (unpaired) electrons. The number of sulfonamides is 1. The molecule has 0 aromatic heterocycles. The van der Waals surface area contributed by atoms with Crippen LogP contribution in [0.1, 0.15) is 32.4 Å². The van der Waals surface area contributed by atoms with Gasteiger partial charge in [0.1, 0.15) is 0 Å². The van der Waals surface area contributed by atoms with E-state index in [2.05, 4.69) is 21.2 Å². The van der Waals surface area contributed by atoms with Gasteiger partial charge >= 0.3 is 0 Å². The third kappa shape index (κ3) is 6.01. The fourth-order valence-electron chi connectivity index (χ4n) is 2.74. The number of hydrogen-bond acceptors (Lipinski definition) is 4. The number of carbonyl (C=O) groups excluding carboxylic acids is 1. The minimum atomic E-state index is -3.53. The first-order valence-corrected chi connectivity index (χ1v) is 11.4. The zero-order valence-electron chi connectivity index (χ0n) is 16.5. The van der Waals surface area contributed by atoms with Gasteiger partial charge in [-0.3, -0.25) is 4.79 Å². The molecule has 0 fully saturated rings. The van der Waals surface area contributed by atoms with E-state index in [1.54, 1.807) is 39.0 Å². The Morgan fingerprint density at radius 2 is 1.79 bits per heavy atom. The van der Waals surface area contributed by atoms with Gasteiger partial charge in [0.25, 0.3) is 5.91 Å². The molecule has 1 amide bonds. The highest BCUT2D eigenvalue weighted by Gasteiger charge is 2.21. The third-order valence-electron chi connectivity index (χ3n) is 4.35. The van der Waals surface area contributed by atoms with Gasteiger partial charge in [0.2, 0.25) is 10.0 Å². The molecule has 0 aliphatic heterocycles. The fourth-order valence-corrected chi connectivity index (χ4v) is 4.53.